The number of halogens is 1. The molecule has 1 aliphatic heterocycles. The van der Waals surface area contributed by atoms with E-state index in [2.05, 4.69) is 15.7 Å². The van der Waals surface area contributed by atoms with Crippen molar-refractivity contribution in [3.63, 3.8) is 0 Å². The summed E-state index contributed by atoms with van der Waals surface area (Å²) in [6, 6.07) is 9.90. The number of nitrogens with one attached hydrogen (secondary N) is 2. The van der Waals surface area contributed by atoms with Gasteiger partial charge in [-0.1, -0.05) is 6.07 Å². The molecule has 0 bridgehead atoms. The van der Waals surface area contributed by atoms with Crippen LogP contribution in [0.2, 0.25) is 0 Å². The third-order valence-electron chi connectivity index (χ3n) is 4.84. The minimum atomic E-state index is -0.840. The summed E-state index contributed by atoms with van der Waals surface area (Å²) in [6.07, 6.45) is 1.52. The molecule has 1 aromatic heterocycles. The highest BCUT2D eigenvalue weighted by Crippen LogP contribution is 2.38. The van der Waals surface area contributed by atoms with E-state index in [1.54, 1.807) is 25.4 Å². The number of carbonyl (C=O) groups excluding carboxylic acids is 2. The summed E-state index contributed by atoms with van der Waals surface area (Å²) in [5.74, 6) is 0.394. The molecule has 2 N–H and O–H groups in total. The van der Waals surface area contributed by atoms with Crippen LogP contribution >= 0.6 is 0 Å². The van der Waals surface area contributed by atoms with Crippen molar-refractivity contribution in [1.82, 2.24) is 9.78 Å². The van der Waals surface area contributed by atoms with E-state index < -0.39 is 17.8 Å². The summed E-state index contributed by atoms with van der Waals surface area (Å²) in [5, 5.41) is 9.82. The van der Waals surface area contributed by atoms with Gasteiger partial charge in [0, 0.05) is 11.3 Å². The Morgan fingerprint density at radius 2 is 1.90 bits per heavy atom. The Labute approximate surface area is 171 Å². The molecule has 1 unspecified atom stereocenters. The van der Waals surface area contributed by atoms with Crippen LogP contribution in [0.15, 0.2) is 48.7 Å². The lowest BCUT2D eigenvalue weighted by Gasteiger charge is -2.24. The van der Waals surface area contributed by atoms with Crippen LogP contribution in [0.5, 0.6) is 11.5 Å². The molecule has 4 rings (SSSR count). The lowest BCUT2D eigenvalue weighted by atomic mass is 10.1. The minimum absolute atomic E-state index is 0.0624. The Bertz CT molecular complexity index is 1110. The topological polar surface area (TPSA) is 94.5 Å². The predicted octanol–water partition coefficient (Wildman–Crippen LogP) is 3.23. The summed E-state index contributed by atoms with van der Waals surface area (Å²) in [6.45, 7) is 0. The van der Waals surface area contributed by atoms with Crippen LogP contribution in [-0.2, 0) is 9.59 Å². The van der Waals surface area contributed by atoms with Gasteiger partial charge in [-0.15, -0.1) is 0 Å². The first-order chi connectivity index (χ1) is 14.5. The van der Waals surface area contributed by atoms with Gasteiger partial charge in [0.15, 0.2) is 11.5 Å². The molecule has 1 atom stereocenters. The fourth-order valence-electron chi connectivity index (χ4n) is 3.35. The molecule has 3 aromatic rings. The third kappa shape index (κ3) is 3.57. The van der Waals surface area contributed by atoms with E-state index in [0.717, 1.165) is 5.56 Å². The molecule has 1 aliphatic rings. The molecular weight excluding hydrogens is 391 g/mol. The number of benzene rings is 2. The highest BCUT2D eigenvalue weighted by Gasteiger charge is 2.33. The van der Waals surface area contributed by atoms with Crippen LogP contribution in [0, 0.1) is 5.82 Å². The maximum absolute atomic E-state index is 13.1. The minimum Gasteiger partial charge on any atom is -0.493 e. The Kier molecular flexibility index (Phi) is 5.09. The SMILES string of the molecule is COc1ccc(-c2cnn3c2NC(=O)CC3C(=O)Nc2ccc(F)cc2)cc1OC. The molecule has 0 saturated heterocycles. The second-order valence-corrected chi connectivity index (χ2v) is 6.69. The maximum atomic E-state index is 13.1. The lowest BCUT2D eigenvalue weighted by Crippen LogP contribution is -2.35. The number of hydrogen-bond acceptors (Lipinski definition) is 5. The highest BCUT2D eigenvalue weighted by molar-refractivity contribution is 6.03. The zero-order chi connectivity index (χ0) is 21.3. The second kappa shape index (κ2) is 7.86. The van der Waals surface area contributed by atoms with Crippen molar-refractivity contribution in [1.29, 1.82) is 0 Å². The number of nitrogens with zero attached hydrogens (tertiary/aromatic N) is 2. The standard InChI is InChI=1S/C21H19FN4O4/c1-29-17-8-3-12(9-18(17)30-2)15-11-23-26-16(10-19(27)25-20(15)26)21(28)24-14-6-4-13(22)5-7-14/h3-9,11,16H,10H2,1-2H3,(H,24,28)(H,25,27). The number of rotatable bonds is 5. The summed E-state index contributed by atoms with van der Waals surface area (Å²) in [4.78, 5) is 25.1. The number of hydrogen-bond donors (Lipinski definition) is 2. The molecule has 9 heteroatoms. The van der Waals surface area contributed by atoms with E-state index in [4.69, 9.17) is 9.47 Å². The van der Waals surface area contributed by atoms with Crippen LogP contribution in [0.4, 0.5) is 15.9 Å². The number of aromatic nitrogens is 2. The zero-order valence-corrected chi connectivity index (χ0v) is 16.3. The van der Waals surface area contributed by atoms with E-state index in [0.29, 0.717) is 28.6 Å². The van der Waals surface area contributed by atoms with Crippen molar-refractivity contribution in [3.05, 3.63) is 54.5 Å². The van der Waals surface area contributed by atoms with Gasteiger partial charge in [0.1, 0.15) is 17.7 Å². The smallest absolute Gasteiger partial charge is 0.249 e. The monoisotopic (exact) mass is 410 g/mol. The van der Waals surface area contributed by atoms with Gasteiger partial charge in [-0.05, 0) is 42.0 Å². The molecule has 0 fully saturated rings. The average Bonchev–Trinajstić information content (AvgIpc) is 3.17. The number of methoxy groups -OCH3 is 2. The van der Waals surface area contributed by atoms with Gasteiger partial charge in [0.2, 0.25) is 11.8 Å². The van der Waals surface area contributed by atoms with Crippen molar-refractivity contribution in [3.8, 4) is 22.6 Å². The van der Waals surface area contributed by atoms with E-state index in [9.17, 15) is 14.0 Å². The molecular formula is C21H19FN4O4. The molecule has 2 aromatic carbocycles. The van der Waals surface area contributed by atoms with Crippen LogP contribution in [0.3, 0.4) is 0 Å². The Hall–Kier alpha value is -3.88. The van der Waals surface area contributed by atoms with Crippen LogP contribution < -0.4 is 20.1 Å². The van der Waals surface area contributed by atoms with Crippen LogP contribution in [0.25, 0.3) is 11.1 Å². The normalized spacial score (nSPS) is 15.2. The van der Waals surface area contributed by atoms with Crippen molar-refractivity contribution in [2.45, 2.75) is 12.5 Å². The maximum Gasteiger partial charge on any atom is 0.249 e. The summed E-state index contributed by atoms with van der Waals surface area (Å²) >= 11 is 0. The third-order valence-corrected chi connectivity index (χ3v) is 4.84. The van der Waals surface area contributed by atoms with Gasteiger partial charge >= 0.3 is 0 Å². The van der Waals surface area contributed by atoms with Gasteiger partial charge in [0.05, 0.1) is 26.8 Å². The highest BCUT2D eigenvalue weighted by atomic mass is 19.1. The van der Waals surface area contributed by atoms with E-state index in [1.165, 1.54) is 36.1 Å². The number of ether oxygens (including phenoxy) is 2. The molecule has 0 saturated carbocycles. The van der Waals surface area contributed by atoms with Gasteiger partial charge in [-0.2, -0.15) is 5.10 Å². The quantitative estimate of drug-likeness (QED) is 0.674. The molecule has 30 heavy (non-hydrogen) atoms. The summed E-state index contributed by atoms with van der Waals surface area (Å²) in [5.41, 5.74) is 1.82. The average molecular weight is 410 g/mol. The van der Waals surface area contributed by atoms with Crippen molar-refractivity contribution in [2.75, 3.05) is 24.9 Å². The summed E-state index contributed by atoms with van der Waals surface area (Å²) < 4.78 is 25.2. The lowest BCUT2D eigenvalue weighted by molar-refractivity contribution is -0.125. The zero-order valence-electron chi connectivity index (χ0n) is 16.3. The first kappa shape index (κ1) is 19.4. The molecule has 0 aliphatic carbocycles. The summed E-state index contributed by atoms with van der Waals surface area (Å²) in [7, 11) is 3.08. The van der Waals surface area contributed by atoms with Gasteiger partial charge in [-0.3, -0.25) is 9.59 Å². The molecule has 8 nitrogen and oxygen atoms in total. The van der Waals surface area contributed by atoms with Gasteiger partial charge < -0.3 is 20.1 Å². The van der Waals surface area contributed by atoms with Gasteiger partial charge in [-0.25, -0.2) is 9.07 Å². The Balaban J connectivity index is 1.66. The number of amides is 2. The van der Waals surface area contributed by atoms with Crippen LogP contribution in [0.1, 0.15) is 12.5 Å². The largest absolute Gasteiger partial charge is 0.493 e. The molecule has 154 valence electrons. The number of carbonyl (C=O) groups is 2. The van der Waals surface area contributed by atoms with Crippen molar-refractivity contribution in [2.24, 2.45) is 0 Å². The fraction of sp³-hybridized carbons (Fsp3) is 0.190. The van der Waals surface area contributed by atoms with Crippen molar-refractivity contribution >= 4 is 23.3 Å². The molecule has 0 radical (unpaired) electrons. The Morgan fingerprint density at radius 1 is 1.17 bits per heavy atom. The number of anilines is 2. The van der Waals surface area contributed by atoms with E-state index >= 15 is 0 Å². The molecule has 0 spiro atoms. The predicted molar refractivity (Wildman–Crippen MR) is 108 cm³/mol. The van der Waals surface area contributed by atoms with Crippen LogP contribution in [-0.4, -0.2) is 35.8 Å². The van der Waals surface area contributed by atoms with Crippen molar-refractivity contribution < 1.29 is 23.5 Å². The van der Waals surface area contributed by atoms with E-state index in [-0.39, 0.29) is 12.3 Å². The Morgan fingerprint density at radius 3 is 2.60 bits per heavy atom. The fourth-order valence-corrected chi connectivity index (χ4v) is 3.35. The number of fused-ring (bicyclic) bond motifs is 1. The first-order valence-corrected chi connectivity index (χ1v) is 9.16. The second-order valence-electron chi connectivity index (χ2n) is 6.69. The van der Waals surface area contributed by atoms with E-state index in [1.807, 2.05) is 6.07 Å². The molecule has 2 amide bonds. The van der Waals surface area contributed by atoms with Gasteiger partial charge in [0.25, 0.3) is 0 Å². The first-order valence-electron chi connectivity index (χ1n) is 9.16. The molecule has 2 heterocycles.